The van der Waals surface area contributed by atoms with E-state index in [2.05, 4.69) is 15.9 Å². The molecule has 1 fully saturated rings. The van der Waals surface area contributed by atoms with Crippen LogP contribution in [0.3, 0.4) is 0 Å². The Kier molecular flexibility index (Phi) is 5.17. The van der Waals surface area contributed by atoms with E-state index in [1.807, 2.05) is 22.6 Å². The van der Waals surface area contributed by atoms with E-state index in [4.69, 9.17) is 4.84 Å². The summed E-state index contributed by atoms with van der Waals surface area (Å²) in [7, 11) is 0. The lowest BCUT2D eigenvalue weighted by Crippen LogP contribution is -2.22. The first-order valence-corrected chi connectivity index (χ1v) is 8.86. The molecular weight excluding hydrogens is 486 g/mol. The lowest BCUT2D eigenvalue weighted by Gasteiger charge is -2.25. The molecule has 0 aliphatic heterocycles. The van der Waals surface area contributed by atoms with Crippen LogP contribution in [0.1, 0.15) is 12.8 Å². The van der Waals surface area contributed by atoms with Gasteiger partial charge in [-0.2, -0.15) is 0 Å². The van der Waals surface area contributed by atoms with Crippen LogP contribution in [0.25, 0.3) is 0 Å². The Balaban J connectivity index is 2.02. The predicted octanol–water partition coefficient (Wildman–Crippen LogP) is 5.95. The molecule has 23 heavy (non-hydrogen) atoms. The monoisotopic (exact) mass is 497 g/mol. The summed E-state index contributed by atoms with van der Waals surface area (Å²) in [6.45, 7) is 0.336. The van der Waals surface area contributed by atoms with Crippen LogP contribution < -0.4 is 5.06 Å². The molecule has 0 N–H and O–H groups in total. The topological polar surface area (TPSA) is 12.5 Å². The van der Waals surface area contributed by atoms with Crippen molar-refractivity contribution in [3.8, 4) is 0 Å². The standard InChI is InChI=1S/C16H12BrF3INO/c17-11-4-6-14(16(20)15(11)19)22(23-8-9-1-2-9)13-5-3-10(21)7-12(13)18/h3-7,9H,1-2,8H2. The van der Waals surface area contributed by atoms with Crippen molar-refractivity contribution in [3.63, 3.8) is 0 Å². The maximum Gasteiger partial charge on any atom is 0.186 e. The second-order valence-corrected chi connectivity index (χ2v) is 7.42. The highest BCUT2D eigenvalue weighted by Gasteiger charge is 2.27. The summed E-state index contributed by atoms with van der Waals surface area (Å²) in [5.41, 5.74) is -0.113. The Bertz CT molecular complexity index is 740. The van der Waals surface area contributed by atoms with Crippen molar-refractivity contribution in [2.45, 2.75) is 12.8 Å². The van der Waals surface area contributed by atoms with Crippen molar-refractivity contribution >= 4 is 49.9 Å². The quantitative estimate of drug-likeness (QED) is 0.287. The van der Waals surface area contributed by atoms with Crippen LogP contribution >= 0.6 is 38.5 Å². The molecule has 0 radical (unpaired) electrons. The second kappa shape index (κ2) is 6.98. The van der Waals surface area contributed by atoms with E-state index < -0.39 is 17.5 Å². The Morgan fingerprint density at radius 2 is 1.78 bits per heavy atom. The average Bonchev–Trinajstić information content (AvgIpc) is 3.32. The van der Waals surface area contributed by atoms with Crippen molar-refractivity contribution in [2.75, 3.05) is 11.7 Å². The van der Waals surface area contributed by atoms with Crippen LogP contribution in [-0.4, -0.2) is 6.61 Å². The fraction of sp³-hybridized carbons (Fsp3) is 0.250. The van der Waals surface area contributed by atoms with Crippen LogP contribution in [-0.2, 0) is 4.84 Å². The van der Waals surface area contributed by atoms with E-state index >= 15 is 0 Å². The van der Waals surface area contributed by atoms with Gasteiger partial charge >= 0.3 is 0 Å². The number of nitrogens with zero attached hydrogens (tertiary/aromatic N) is 1. The van der Waals surface area contributed by atoms with Gasteiger partial charge in [0.2, 0.25) is 0 Å². The fourth-order valence-electron chi connectivity index (χ4n) is 2.05. The first-order valence-electron chi connectivity index (χ1n) is 6.99. The number of hydrogen-bond acceptors (Lipinski definition) is 2. The molecule has 122 valence electrons. The molecule has 0 heterocycles. The first kappa shape index (κ1) is 17.0. The maximum atomic E-state index is 14.3. The summed E-state index contributed by atoms with van der Waals surface area (Å²) in [4.78, 5) is 5.60. The van der Waals surface area contributed by atoms with Gasteiger partial charge in [0.15, 0.2) is 11.6 Å². The molecule has 0 spiro atoms. The molecular formula is C16H12BrF3INO. The Morgan fingerprint density at radius 1 is 1.09 bits per heavy atom. The lowest BCUT2D eigenvalue weighted by atomic mass is 10.2. The van der Waals surface area contributed by atoms with Crippen molar-refractivity contribution in [2.24, 2.45) is 5.92 Å². The molecule has 0 unspecified atom stereocenters. The smallest absolute Gasteiger partial charge is 0.186 e. The molecule has 2 aromatic carbocycles. The Labute approximate surface area is 153 Å². The number of anilines is 2. The van der Waals surface area contributed by atoms with Gasteiger partial charge < -0.3 is 0 Å². The van der Waals surface area contributed by atoms with E-state index in [9.17, 15) is 13.2 Å². The van der Waals surface area contributed by atoms with E-state index in [-0.39, 0.29) is 15.8 Å². The Morgan fingerprint density at radius 3 is 2.43 bits per heavy atom. The second-order valence-electron chi connectivity index (χ2n) is 5.32. The highest BCUT2D eigenvalue weighted by atomic mass is 127. The first-order chi connectivity index (χ1) is 11.0. The van der Waals surface area contributed by atoms with E-state index in [0.29, 0.717) is 16.1 Å². The van der Waals surface area contributed by atoms with Crippen molar-refractivity contribution in [1.82, 2.24) is 0 Å². The summed E-state index contributed by atoms with van der Waals surface area (Å²) in [5.74, 6) is -2.30. The molecule has 2 aromatic rings. The molecule has 0 bridgehead atoms. The normalized spacial score (nSPS) is 14.1. The summed E-state index contributed by atoms with van der Waals surface area (Å²) >= 11 is 4.91. The number of benzene rings is 2. The van der Waals surface area contributed by atoms with Crippen LogP contribution in [0.5, 0.6) is 0 Å². The molecule has 3 rings (SSSR count). The summed E-state index contributed by atoms with van der Waals surface area (Å²) in [6, 6.07) is 7.21. The van der Waals surface area contributed by atoms with Gasteiger partial charge in [0.1, 0.15) is 17.2 Å². The molecule has 0 saturated heterocycles. The zero-order valence-electron chi connectivity index (χ0n) is 11.8. The Hall–Kier alpha value is -0.800. The molecule has 1 saturated carbocycles. The number of halogens is 5. The lowest BCUT2D eigenvalue weighted by molar-refractivity contribution is 0.122. The van der Waals surface area contributed by atoms with Gasteiger partial charge in [-0.05, 0) is 87.6 Å². The van der Waals surface area contributed by atoms with Gasteiger partial charge in [0.05, 0.1) is 11.1 Å². The van der Waals surface area contributed by atoms with Crippen LogP contribution in [0, 0.1) is 26.9 Å². The zero-order chi connectivity index (χ0) is 16.6. The van der Waals surface area contributed by atoms with Gasteiger partial charge in [-0.15, -0.1) is 0 Å². The minimum absolute atomic E-state index is 0.00368. The van der Waals surface area contributed by atoms with Crippen LogP contribution in [0.15, 0.2) is 34.8 Å². The number of rotatable bonds is 5. The van der Waals surface area contributed by atoms with E-state index in [1.165, 1.54) is 24.3 Å². The summed E-state index contributed by atoms with van der Waals surface area (Å²) < 4.78 is 43.1. The number of hydrogen-bond donors (Lipinski definition) is 0. The highest BCUT2D eigenvalue weighted by molar-refractivity contribution is 14.1. The van der Waals surface area contributed by atoms with Crippen molar-refractivity contribution in [3.05, 3.63) is 55.8 Å². The summed E-state index contributed by atoms with van der Waals surface area (Å²) in [6.07, 6.45) is 2.06. The average molecular weight is 498 g/mol. The van der Waals surface area contributed by atoms with E-state index in [1.54, 1.807) is 6.07 Å². The van der Waals surface area contributed by atoms with Crippen molar-refractivity contribution in [1.29, 1.82) is 0 Å². The van der Waals surface area contributed by atoms with Gasteiger partial charge in [0, 0.05) is 3.57 Å². The van der Waals surface area contributed by atoms with Crippen molar-refractivity contribution < 1.29 is 18.0 Å². The minimum Gasteiger partial charge on any atom is -0.268 e. The predicted molar refractivity (Wildman–Crippen MR) is 94.0 cm³/mol. The SMILES string of the molecule is Fc1cc(I)ccc1N(OCC1CC1)c1ccc(Br)c(F)c1F. The minimum atomic E-state index is -1.09. The highest BCUT2D eigenvalue weighted by Crippen LogP contribution is 2.36. The molecule has 7 heteroatoms. The van der Waals surface area contributed by atoms with Crippen LogP contribution in [0.4, 0.5) is 24.5 Å². The zero-order valence-corrected chi connectivity index (χ0v) is 15.6. The van der Waals surface area contributed by atoms with Gasteiger partial charge in [-0.1, -0.05) is 0 Å². The van der Waals surface area contributed by atoms with Gasteiger partial charge in [0.25, 0.3) is 0 Å². The third kappa shape index (κ3) is 3.83. The summed E-state index contributed by atoms with van der Waals surface area (Å²) in [5, 5.41) is 1.04. The molecule has 0 aromatic heterocycles. The molecule has 1 aliphatic rings. The largest absolute Gasteiger partial charge is 0.268 e. The van der Waals surface area contributed by atoms with E-state index in [0.717, 1.165) is 17.9 Å². The third-order valence-corrected chi connectivity index (χ3v) is 4.78. The maximum absolute atomic E-state index is 14.3. The molecule has 0 atom stereocenters. The molecule has 0 amide bonds. The molecule has 2 nitrogen and oxygen atoms in total. The van der Waals surface area contributed by atoms with Crippen LogP contribution in [0.2, 0.25) is 0 Å². The molecule has 1 aliphatic carbocycles. The van der Waals surface area contributed by atoms with Gasteiger partial charge in [-0.25, -0.2) is 18.2 Å². The van der Waals surface area contributed by atoms with Gasteiger partial charge in [-0.3, -0.25) is 4.84 Å². The fourth-order valence-corrected chi connectivity index (χ4v) is 2.81. The third-order valence-electron chi connectivity index (χ3n) is 3.50.